The van der Waals surface area contributed by atoms with Crippen molar-refractivity contribution in [2.24, 2.45) is 5.92 Å². The van der Waals surface area contributed by atoms with Crippen LogP contribution in [0.1, 0.15) is 28.8 Å². The smallest absolute Gasteiger partial charge is 0.253 e. The maximum Gasteiger partial charge on any atom is 0.253 e. The number of thioether (sulfide) groups is 1. The van der Waals surface area contributed by atoms with Crippen LogP contribution in [0.15, 0.2) is 42.5 Å². The Labute approximate surface area is 204 Å². The van der Waals surface area contributed by atoms with Crippen LogP contribution in [0.5, 0.6) is 0 Å². The van der Waals surface area contributed by atoms with Crippen LogP contribution in [-0.4, -0.2) is 49.5 Å². The summed E-state index contributed by atoms with van der Waals surface area (Å²) in [5.41, 5.74) is 2.72. The number of carbonyl (C=O) groups excluding carboxylic acids is 2. The molecule has 2 N–H and O–H groups in total. The van der Waals surface area contributed by atoms with Crippen molar-refractivity contribution < 1.29 is 9.59 Å². The Morgan fingerprint density at radius 1 is 1.22 bits per heavy atom. The molecule has 0 spiro atoms. The van der Waals surface area contributed by atoms with Crippen molar-refractivity contribution in [2.75, 3.05) is 36.5 Å². The zero-order valence-electron chi connectivity index (χ0n) is 18.4. The van der Waals surface area contributed by atoms with E-state index in [0.717, 1.165) is 36.0 Å². The lowest BCUT2D eigenvalue weighted by Crippen LogP contribution is -2.48. The van der Waals surface area contributed by atoms with E-state index in [1.807, 2.05) is 24.5 Å². The fourth-order valence-electron chi connectivity index (χ4n) is 3.90. The quantitative estimate of drug-likeness (QED) is 0.526. The fourth-order valence-corrected chi connectivity index (χ4v) is 4.75. The number of carbonyl (C=O) groups is 2. The van der Waals surface area contributed by atoms with Crippen LogP contribution in [0, 0.1) is 12.8 Å². The number of nitrogens with one attached hydrogen (secondary N) is 2. The summed E-state index contributed by atoms with van der Waals surface area (Å²) in [6.07, 6.45) is 3.53. The minimum absolute atomic E-state index is 0.156. The molecule has 2 aromatic rings. The summed E-state index contributed by atoms with van der Waals surface area (Å²) in [5, 5.41) is 7.01. The van der Waals surface area contributed by atoms with Crippen molar-refractivity contribution in [3.05, 3.63) is 63.6 Å². The van der Waals surface area contributed by atoms with E-state index in [9.17, 15) is 9.59 Å². The van der Waals surface area contributed by atoms with Crippen LogP contribution in [0.25, 0.3) is 0 Å². The Morgan fingerprint density at radius 2 is 2.00 bits per heavy atom. The van der Waals surface area contributed by atoms with Crippen LogP contribution < -0.4 is 15.5 Å². The second kappa shape index (κ2) is 11.8. The van der Waals surface area contributed by atoms with Crippen LogP contribution in [0.3, 0.4) is 0 Å². The van der Waals surface area contributed by atoms with Crippen LogP contribution >= 0.6 is 35.0 Å². The first-order chi connectivity index (χ1) is 15.4. The van der Waals surface area contributed by atoms with E-state index in [0.29, 0.717) is 29.5 Å². The molecule has 0 radical (unpaired) electrons. The van der Waals surface area contributed by atoms with E-state index in [-0.39, 0.29) is 11.8 Å². The van der Waals surface area contributed by atoms with E-state index in [4.69, 9.17) is 23.2 Å². The van der Waals surface area contributed by atoms with Gasteiger partial charge >= 0.3 is 0 Å². The average Bonchev–Trinajstić information content (AvgIpc) is 3.25. The van der Waals surface area contributed by atoms with E-state index >= 15 is 0 Å². The minimum Gasteiger partial charge on any atom is -0.371 e. The SMILES string of the molecule is CSCCC(NC(=O)c1ccccc1Cl)C(=O)NCC1CCN(c2cc(Cl)ccc2C)C1. The molecule has 1 aliphatic heterocycles. The highest BCUT2D eigenvalue weighted by Gasteiger charge is 2.26. The lowest BCUT2D eigenvalue weighted by Gasteiger charge is -2.22. The highest BCUT2D eigenvalue weighted by atomic mass is 35.5. The molecule has 2 amide bonds. The second-order valence-electron chi connectivity index (χ2n) is 8.06. The van der Waals surface area contributed by atoms with Gasteiger partial charge in [0.05, 0.1) is 10.6 Å². The standard InChI is InChI=1S/C24H29Cl2N3O2S/c1-16-7-8-18(25)13-22(16)29-11-9-17(15-29)14-27-24(31)21(10-12-32-2)28-23(30)19-5-3-4-6-20(19)26/h3-8,13,17,21H,9-12,14-15H2,1-2H3,(H,27,31)(H,28,30). The van der Waals surface area contributed by atoms with Crippen molar-refractivity contribution in [2.45, 2.75) is 25.8 Å². The summed E-state index contributed by atoms with van der Waals surface area (Å²) < 4.78 is 0. The number of anilines is 1. The van der Waals surface area contributed by atoms with Crippen LogP contribution in [0.4, 0.5) is 5.69 Å². The number of amides is 2. The Hall–Kier alpha value is -1.89. The zero-order chi connectivity index (χ0) is 23.1. The summed E-state index contributed by atoms with van der Waals surface area (Å²) in [6.45, 7) is 4.45. The number of benzene rings is 2. The Balaban J connectivity index is 1.56. The minimum atomic E-state index is -0.598. The van der Waals surface area contributed by atoms with Gasteiger partial charge in [0.1, 0.15) is 6.04 Å². The zero-order valence-corrected chi connectivity index (χ0v) is 20.7. The largest absolute Gasteiger partial charge is 0.371 e. The molecule has 0 aromatic heterocycles. The summed E-state index contributed by atoms with van der Waals surface area (Å²) in [7, 11) is 0. The van der Waals surface area contributed by atoms with Crippen LogP contribution in [0.2, 0.25) is 10.0 Å². The third kappa shape index (κ3) is 6.56. The predicted molar refractivity (Wildman–Crippen MR) is 135 cm³/mol. The van der Waals surface area contributed by atoms with Gasteiger partial charge < -0.3 is 15.5 Å². The van der Waals surface area contributed by atoms with Crippen molar-refractivity contribution >= 4 is 52.5 Å². The number of hydrogen-bond acceptors (Lipinski definition) is 4. The highest BCUT2D eigenvalue weighted by molar-refractivity contribution is 7.98. The van der Waals surface area contributed by atoms with Gasteiger partial charge in [0.25, 0.3) is 5.91 Å². The number of rotatable bonds is 9. The molecular formula is C24H29Cl2N3O2S. The topological polar surface area (TPSA) is 61.4 Å². The summed E-state index contributed by atoms with van der Waals surface area (Å²) >= 11 is 14.0. The first-order valence-corrected chi connectivity index (χ1v) is 12.9. The van der Waals surface area contributed by atoms with Crippen molar-refractivity contribution in [1.82, 2.24) is 10.6 Å². The van der Waals surface area contributed by atoms with Gasteiger partial charge in [-0.05, 0) is 67.5 Å². The Kier molecular flexibility index (Phi) is 9.14. The molecule has 1 heterocycles. The van der Waals surface area contributed by atoms with Crippen molar-refractivity contribution in [3.63, 3.8) is 0 Å². The molecule has 1 fully saturated rings. The van der Waals surface area contributed by atoms with E-state index < -0.39 is 6.04 Å². The average molecular weight is 494 g/mol. The van der Waals surface area contributed by atoms with Gasteiger partial charge in [-0.15, -0.1) is 0 Å². The third-order valence-corrected chi connectivity index (χ3v) is 6.92. The third-order valence-electron chi connectivity index (χ3n) is 5.71. The Morgan fingerprint density at radius 3 is 2.75 bits per heavy atom. The van der Waals surface area contributed by atoms with Gasteiger partial charge in [0, 0.05) is 30.3 Å². The first-order valence-electron chi connectivity index (χ1n) is 10.7. The number of halogens is 2. The van der Waals surface area contributed by atoms with E-state index in [1.54, 1.807) is 36.0 Å². The Bertz CT molecular complexity index is 957. The maximum absolute atomic E-state index is 12.9. The number of aryl methyl sites for hydroxylation is 1. The van der Waals surface area contributed by atoms with Gasteiger partial charge in [0.2, 0.25) is 5.91 Å². The van der Waals surface area contributed by atoms with Gasteiger partial charge in [0.15, 0.2) is 0 Å². The van der Waals surface area contributed by atoms with Crippen LogP contribution in [-0.2, 0) is 4.79 Å². The maximum atomic E-state index is 12.9. The summed E-state index contributed by atoms with van der Waals surface area (Å²) in [4.78, 5) is 27.9. The van der Waals surface area contributed by atoms with Gasteiger partial charge in [-0.3, -0.25) is 9.59 Å². The molecule has 0 bridgehead atoms. The number of hydrogen-bond donors (Lipinski definition) is 2. The molecule has 2 unspecified atom stereocenters. The molecule has 3 rings (SSSR count). The molecular weight excluding hydrogens is 465 g/mol. The monoisotopic (exact) mass is 493 g/mol. The lowest BCUT2D eigenvalue weighted by atomic mass is 10.1. The number of nitrogens with zero attached hydrogens (tertiary/aromatic N) is 1. The molecule has 0 aliphatic carbocycles. The van der Waals surface area contributed by atoms with Gasteiger partial charge in [-0.1, -0.05) is 41.4 Å². The second-order valence-corrected chi connectivity index (χ2v) is 9.89. The summed E-state index contributed by atoms with van der Waals surface area (Å²) in [6, 6.07) is 12.2. The summed E-state index contributed by atoms with van der Waals surface area (Å²) in [5.74, 6) is 0.626. The fraction of sp³-hybridized carbons (Fsp3) is 0.417. The van der Waals surface area contributed by atoms with E-state index in [2.05, 4.69) is 22.5 Å². The predicted octanol–water partition coefficient (Wildman–Crippen LogP) is 4.80. The highest BCUT2D eigenvalue weighted by Crippen LogP contribution is 2.29. The molecule has 172 valence electrons. The molecule has 32 heavy (non-hydrogen) atoms. The normalized spacial score (nSPS) is 16.6. The molecule has 5 nitrogen and oxygen atoms in total. The van der Waals surface area contributed by atoms with E-state index in [1.165, 1.54) is 5.56 Å². The first kappa shape index (κ1) is 24.7. The molecule has 1 aliphatic rings. The molecule has 1 saturated heterocycles. The molecule has 2 atom stereocenters. The van der Waals surface area contributed by atoms with Gasteiger partial charge in [-0.2, -0.15) is 11.8 Å². The molecule has 8 heteroatoms. The molecule has 0 saturated carbocycles. The lowest BCUT2D eigenvalue weighted by molar-refractivity contribution is -0.123. The van der Waals surface area contributed by atoms with Crippen molar-refractivity contribution in [3.8, 4) is 0 Å². The van der Waals surface area contributed by atoms with Gasteiger partial charge in [-0.25, -0.2) is 0 Å². The van der Waals surface area contributed by atoms with Crippen molar-refractivity contribution in [1.29, 1.82) is 0 Å². The molecule has 2 aromatic carbocycles.